The van der Waals surface area contributed by atoms with E-state index in [-0.39, 0.29) is 35.7 Å². The van der Waals surface area contributed by atoms with E-state index in [1.54, 1.807) is 6.92 Å². The molecule has 3 saturated carbocycles. The molecule has 4 rings (SSSR count). The maximum absolute atomic E-state index is 12.8. The number of methoxy groups -OCH3 is 1. The Morgan fingerprint density at radius 2 is 1.87 bits per heavy atom. The van der Waals surface area contributed by atoms with Gasteiger partial charge in [0.2, 0.25) is 0 Å². The van der Waals surface area contributed by atoms with Crippen molar-refractivity contribution in [3.63, 3.8) is 0 Å². The molecule has 2 N–H and O–H groups in total. The molecule has 174 valence electrons. The average molecular weight is 435 g/mol. The molecule has 0 amide bonds. The second kappa shape index (κ2) is 7.58. The largest absolute Gasteiger partial charge is 0.469 e. The number of esters is 2. The molecule has 6 nitrogen and oxygen atoms in total. The van der Waals surface area contributed by atoms with Crippen LogP contribution in [0, 0.1) is 28.1 Å². The van der Waals surface area contributed by atoms with Crippen LogP contribution in [0.3, 0.4) is 0 Å². The number of fused-ring (bicyclic) bond motifs is 3. The quantitative estimate of drug-likeness (QED) is 0.508. The van der Waals surface area contributed by atoms with Gasteiger partial charge >= 0.3 is 11.9 Å². The zero-order valence-electron chi connectivity index (χ0n) is 19.4. The van der Waals surface area contributed by atoms with E-state index < -0.39 is 23.1 Å². The summed E-state index contributed by atoms with van der Waals surface area (Å²) in [6.07, 6.45) is 8.11. The number of carbonyl (C=O) groups excluding carboxylic acids is 2. The Morgan fingerprint density at radius 1 is 1.16 bits per heavy atom. The third-order valence-electron chi connectivity index (χ3n) is 9.52. The van der Waals surface area contributed by atoms with E-state index in [2.05, 4.69) is 19.9 Å². The zero-order valence-corrected chi connectivity index (χ0v) is 19.4. The lowest BCUT2D eigenvalue weighted by Crippen LogP contribution is -2.59. The van der Waals surface area contributed by atoms with Gasteiger partial charge in [-0.05, 0) is 87.0 Å². The highest BCUT2D eigenvalue weighted by molar-refractivity contribution is 5.77. The Kier molecular flexibility index (Phi) is 5.57. The molecule has 6 heteroatoms. The minimum absolute atomic E-state index is 0.00643. The molecule has 0 saturated heterocycles. The minimum Gasteiger partial charge on any atom is -0.469 e. The van der Waals surface area contributed by atoms with Gasteiger partial charge in [0.15, 0.2) is 6.10 Å². The van der Waals surface area contributed by atoms with E-state index in [1.807, 2.05) is 0 Å². The topological polar surface area (TPSA) is 93.1 Å². The van der Waals surface area contributed by atoms with Gasteiger partial charge in [-0.25, -0.2) is 4.79 Å². The minimum atomic E-state index is -1.24. The number of hydrogen-bond donors (Lipinski definition) is 2. The second-order valence-corrected chi connectivity index (χ2v) is 11.0. The van der Waals surface area contributed by atoms with Crippen molar-refractivity contribution in [1.29, 1.82) is 0 Å². The molecule has 0 aromatic rings. The lowest BCUT2D eigenvalue weighted by molar-refractivity contribution is -0.185. The van der Waals surface area contributed by atoms with E-state index in [1.165, 1.54) is 7.11 Å². The van der Waals surface area contributed by atoms with Gasteiger partial charge in [-0.3, -0.25) is 4.79 Å². The number of ether oxygens (including phenoxy) is 2. The van der Waals surface area contributed by atoms with Crippen molar-refractivity contribution >= 4 is 11.9 Å². The van der Waals surface area contributed by atoms with E-state index in [4.69, 9.17) is 9.47 Å². The number of rotatable bonds is 5. The molecular formula is C25H38O6. The van der Waals surface area contributed by atoms with Crippen molar-refractivity contribution in [1.82, 2.24) is 0 Å². The number of aliphatic hydroxyl groups is 2. The van der Waals surface area contributed by atoms with Crippen molar-refractivity contribution < 1.29 is 29.3 Å². The summed E-state index contributed by atoms with van der Waals surface area (Å²) in [7, 11) is 1.49. The number of carbonyl (C=O) groups is 2. The Labute approximate surface area is 185 Å². The first kappa shape index (κ1) is 22.8. The van der Waals surface area contributed by atoms with Gasteiger partial charge in [0.1, 0.15) is 0 Å². The average Bonchev–Trinajstić information content (AvgIpc) is 2.91. The first-order valence-electron chi connectivity index (χ1n) is 11.9. The fraction of sp³-hybridized carbons (Fsp3) is 0.840. The summed E-state index contributed by atoms with van der Waals surface area (Å²) in [5, 5.41) is 21.8. The molecule has 2 bridgehead atoms. The highest BCUT2D eigenvalue weighted by Crippen LogP contribution is 2.71. The summed E-state index contributed by atoms with van der Waals surface area (Å²) in [5.41, 5.74) is -0.734. The summed E-state index contributed by atoms with van der Waals surface area (Å²) >= 11 is 0. The Hall–Kier alpha value is -1.40. The molecule has 1 unspecified atom stereocenters. The van der Waals surface area contributed by atoms with Crippen LogP contribution in [0.15, 0.2) is 11.6 Å². The van der Waals surface area contributed by atoms with Gasteiger partial charge in [-0.15, -0.1) is 0 Å². The molecule has 3 fully saturated rings. The molecule has 7 atom stereocenters. The molecular weight excluding hydrogens is 396 g/mol. The third kappa shape index (κ3) is 3.28. The summed E-state index contributed by atoms with van der Waals surface area (Å²) < 4.78 is 10.2. The zero-order chi connectivity index (χ0) is 22.7. The van der Waals surface area contributed by atoms with Crippen LogP contribution in [0.1, 0.15) is 78.6 Å². The van der Waals surface area contributed by atoms with Crippen LogP contribution in [0.4, 0.5) is 0 Å². The molecule has 0 radical (unpaired) electrons. The van der Waals surface area contributed by atoms with E-state index >= 15 is 0 Å². The third-order valence-corrected chi connectivity index (χ3v) is 9.52. The molecule has 0 aromatic carbocycles. The van der Waals surface area contributed by atoms with Crippen LogP contribution in [0.2, 0.25) is 0 Å². The van der Waals surface area contributed by atoms with E-state index in [0.29, 0.717) is 18.8 Å². The Bertz CT molecular complexity index is 791. The highest BCUT2D eigenvalue weighted by atomic mass is 16.5. The number of aliphatic hydroxyl groups excluding tert-OH is 1. The van der Waals surface area contributed by atoms with Crippen LogP contribution in [0.25, 0.3) is 0 Å². The normalized spacial score (nSPS) is 44.5. The molecule has 4 aliphatic rings. The first-order valence-corrected chi connectivity index (χ1v) is 11.9. The van der Waals surface area contributed by atoms with Gasteiger partial charge in [0.05, 0.1) is 24.7 Å². The smallest absolute Gasteiger partial charge is 0.335 e. The summed E-state index contributed by atoms with van der Waals surface area (Å²) in [5.74, 6) is -0.0719. The molecule has 0 aromatic heterocycles. The maximum atomic E-state index is 12.8. The lowest BCUT2D eigenvalue weighted by atomic mass is 9.41. The van der Waals surface area contributed by atoms with Crippen LogP contribution in [-0.2, 0) is 19.1 Å². The fourth-order valence-corrected chi connectivity index (χ4v) is 8.30. The van der Waals surface area contributed by atoms with E-state index in [9.17, 15) is 19.8 Å². The van der Waals surface area contributed by atoms with Gasteiger partial charge in [0.25, 0.3) is 0 Å². The number of allylic oxidation sites excluding steroid dienone is 1. The SMILES string of the molecule is CCOC(=O)C(O)CC1=C[C@@]23CC[C@H]4[C@@](C)(CCC[C@@]4(C)C(=O)OC)[C@@H]2CC[C@]1(O)C3. The van der Waals surface area contributed by atoms with Crippen LogP contribution in [0.5, 0.6) is 0 Å². The highest BCUT2D eigenvalue weighted by Gasteiger charge is 2.66. The van der Waals surface area contributed by atoms with Gasteiger partial charge in [0, 0.05) is 6.42 Å². The Balaban J connectivity index is 1.65. The summed E-state index contributed by atoms with van der Waals surface area (Å²) in [6.45, 7) is 6.38. The van der Waals surface area contributed by atoms with Gasteiger partial charge in [-0.1, -0.05) is 19.4 Å². The van der Waals surface area contributed by atoms with Gasteiger partial charge < -0.3 is 19.7 Å². The van der Waals surface area contributed by atoms with Crippen molar-refractivity contribution in [2.45, 2.75) is 90.3 Å². The fourth-order valence-electron chi connectivity index (χ4n) is 8.30. The van der Waals surface area contributed by atoms with E-state index in [0.717, 1.165) is 44.1 Å². The van der Waals surface area contributed by atoms with Crippen LogP contribution >= 0.6 is 0 Å². The molecule has 31 heavy (non-hydrogen) atoms. The maximum Gasteiger partial charge on any atom is 0.335 e. The first-order chi connectivity index (χ1) is 14.5. The monoisotopic (exact) mass is 434 g/mol. The molecule has 0 aliphatic heterocycles. The lowest BCUT2D eigenvalue weighted by Gasteiger charge is -2.63. The van der Waals surface area contributed by atoms with Crippen LogP contribution < -0.4 is 0 Å². The Morgan fingerprint density at radius 3 is 2.55 bits per heavy atom. The summed E-state index contributed by atoms with van der Waals surface area (Å²) in [4.78, 5) is 24.8. The predicted octanol–water partition coefficient (Wildman–Crippen LogP) is 3.54. The standard InChI is InChI=1S/C25H38O6/c1-5-31-20(27)17(26)13-16-14-24-11-7-18-22(2,19(24)8-12-25(16,29)15-24)9-6-10-23(18,3)21(28)30-4/h14,17-19,26,29H,5-13,15H2,1-4H3/t17?,18-,19-,22+,23+,24+,25-/m0/s1. The van der Waals surface area contributed by atoms with Crippen molar-refractivity contribution in [2.75, 3.05) is 13.7 Å². The predicted molar refractivity (Wildman–Crippen MR) is 115 cm³/mol. The van der Waals surface area contributed by atoms with Crippen molar-refractivity contribution in [3.05, 3.63) is 11.6 Å². The summed E-state index contributed by atoms with van der Waals surface area (Å²) in [6, 6.07) is 0. The molecule has 1 spiro atoms. The van der Waals surface area contributed by atoms with Gasteiger partial charge in [-0.2, -0.15) is 0 Å². The molecule has 0 heterocycles. The van der Waals surface area contributed by atoms with Crippen molar-refractivity contribution in [2.24, 2.45) is 28.1 Å². The number of hydrogen-bond acceptors (Lipinski definition) is 6. The molecule has 4 aliphatic carbocycles. The van der Waals surface area contributed by atoms with Crippen LogP contribution in [-0.4, -0.2) is 47.6 Å². The van der Waals surface area contributed by atoms with Crippen molar-refractivity contribution in [3.8, 4) is 0 Å². The second-order valence-electron chi connectivity index (χ2n) is 11.0.